The van der Waals surface area contributed by atoms with Gasteiger partial charge in [0.1, 0.15) is 0 Å². The van der Waals surface area contributed by atoms with Gasteiger partial charge < -0.3 is 9.67 Å². The molecule has 16 heavy (non-hydrogen) atoms. The van der Waals surface area contributed by atoms with Crippen LogP contribution in [0.5, 0.6) is 0 Å². The van der Waals surface area contributed by atoms with E-state index in [0.717, 1.165) is 6.42 Å². The molecule has 0 aliphatic heterocycles. The summed E-state index contributed by atoms with van der Waals surface area (Å²) in [6.07, 6.45) is 4.69. The fraction of sp³-hybridized carbons (Fsp3) is 0.429. The SMILES string of the molecule is OCCc1cc2ccccc2n1C1CCC1. The zero-order chi connectivity index (χ0) is 11.0. The van der Waals surface area contributed by atoms with Gasteiger partial charge in [0.2, 0.25) is 0 Å². The van der Waals surface area contributed by atoms with Crippen LogP contribution in [0, 0.1) is 0 Å². The van der Waals surface area contributed by atoms with Gasteiger partial charge >= 0.3 is 0 Å². The van der Waals surface area contributed by atoms with Gasteiger partial charge in [-0.25, -0.2) is 0 Å². The summed E-state index contributed by atoms with van der Waals surface area (Å²) in [6.45, 7) is 0.239. The Bertz CT molecular complexity index is 496. The minimum Gasteiger partial charge on any atom is -0.396 e. The topological polar surface area (TPSA) is 25.2 Å². The molecule has 1 heterocycles. The zero-order valence-electron chi connectivity index (χ0n) is 9.39. The molecule has 1 aromatic heterocycles. The molecular formula is C14H17NO. The van der Waals surface area contributed by atoms with E-state index in [-0.39, 0.29) is 6.61 Å². The number of aromatic nitrogens is 1. The summed E-state index contributed by atoms with van der Waals surface area (Å²) >= 11 is 0. The van der Waals surface area contributed by atoms with E-state index in [1.807, 2.05) is 0 Å². The first-order chi connectivity index (χ1) is 7.90. The summed E-state index contributed by atoms with van der Waals surface area (Å²) in [5, 5.41) is 10.4. The molecule has 0 saturated heterocycles. The first-order valence-electron chi connectivity index (χ1n) is 6.10. The maximum absolute atomic E-state index is 9.13. The fourth-order valence-corrected chi connectivity index (χ4v) is 2.62. The Morgan fingerprint density at radius 1 is 1.25 bits per heavy atom. The highest BCUT2D eigenvalue weighted by Gasteiger charge is 2.22. The smallest absolute Gasteiger partial charge is 0.0485 e. The second-order valence-electron chi connectivity index (χ2n) is 4.62. The lowest BCUT2D eigenvalue weighted by molar-refractivity contribution is 0.282. The highest BCUT2D eigenvalue weighted by molar-refractivity contribution is 5.81. The number of fused-ring (bicyclic) bond motifs is 1. The van der Waals surface area contributed by atoms with E-state index in [2.05, 4.69) is 34.9 Å². The minimum absolute atomic E-state index is 0.239. The van der Waals surface area contributed by atoms with Crippen molar-refractivity contribution in [2.45, 2.75) is 31.7 Å². The van der Waals surface area contributed by atoms with Crippen LogP contribution in [0.15, 0.2) is 30.3 Å². The Kier molecular flexibility index (Phi) is 2.44. The molecule has 1 aliphatic rings. The molecule has 3 rings (SSSR count). The lowest BCUT2D eigenvalue weighted by Gasteiger charge is -2.30. The third kappa shape index (κ3) is 1.45. The van der Waals surface area contributed by atoms with Gasteiger partial charge in [-0.3, -0.25) is 0 Å². The van der Waals surface area contributed by atoms with Gasteiger partial charge in [0, 0.05) is 30.3 Å². The first-order valence-corrected chi connectivity index (χ1v) is 6.10. The number of rotatable bonds is 3. The average molecular weight is 215 g/mol. The van der Waals surface area contributed by atoms with Gasteiger partial charge in [-0.15, -0.1) is 0 Å². The van der Waals surface area contributed by atoms with Crippen molar-refractivity contribution in [2.75, 3.05) is 6.61 Å². The van der Waals surface area contributed by atoms with Crippen LogP contribution in [0.4, 0.5) is 0 Å². The van der Waals surface area contributed by atoms with Crippen molar-refractivity contribution in [1.29, 1.82) is 0 Å². The van der Waals surface area contributed by atoms with Crippen molar-refractivity contribution in [3.63, 3.8) is 0 Å². The van der Waals surface area contributed by atoms with Gasteiger partial charge in [-0.05, 0) is 36.8 Å². The number of aliphatic hydroxyl groups is 1. The Morgan fingerprint density at radius 3 is 2.75 bits per heavy atom. The van der Waals surface area contributed by atoms with E-state index in [4.69, 9.17) is 5.11 Å². The monoisotopic (exact) mass is 215 g/mol. The van der Waals surface area contributed by atoms with Crippen LogP contribution in [-0.4, -0.2) is 16.3 Å². The van der Waals surface area contributed by atoms with Crippen LogP contribution < -0.4 is 0 Å². The zero-order valence-corrected chi connectivity index (χ0v) is 9.39. The highest BCUT2D eigenvalue weighted by Crippen LogP contribution is 2.36. The Morgan fingerprint density at radius 2 is 2.06 bits per heavy atom. The standard InChI is InChI=1S/C14H17NO/c16-9-8-13-10-11-4-1-2-7-14(11)15(13)12-5-3-6-12/h1-2,4,7,10,12,16H,3,5-6,8-9H2. The number of hydrogen-bond donors (Lipinski definition) is 1. The van der Waals surface area contributed by atoms with Crippen LogP contribution in [0.2, 0.25) is 0 Å². The van der Waals surface area contributed by atoms with Crippen LogP contribution in [0.3, 0.4) is 0 Å². The normalized spacial score (nSPS) is 16.6. The van der Waals surface area contributed by atoms with E-state index in [0.29, 0.717) is 6.04 Å². The predicted molar refractivity (Wildman–Crippen MR) is 65.6 cm³/mol. The van der Waals surface area contributed by atoms with E-state index >= 15 is 0 Å². The molecule has 0 bridgehead atoms. The van der Waals surface area contributed by atoms with E-state index in [1.165, 1.54) is 35.9 Å². The highest BCUT2D eigenvalue weighted by atomic mass is 16.3. The maximum atomic E-state index is 9.13. The first kappa shape index (κ1) is 9.91. The summed E-state index contributed by atoms with van der Waals surface area (Å²) in [4.78, 5) is 0. The molecule has 1 aliphatic carbocycles. The van der Waals surface area contributed by atoms with Crippen molar-refractivity contribution < 1.29 is 5.11 Å². The summed E-state index contributed by atoms with van der Waals surface area (Å²) < 4.78 is 2.44. The molecule has 2 nitrogen and oxygen atoms in total. The summed E-state index contributed by atoms with van der Waals surface area (Å²) in [6, 6.07) is 11.4. The van der Waals surface area contributed by atoms with Crippen LogP contribution in [-0.2, 0) is 6.42 Å². The molecule has 0 amide bonds. The number of para-hydroxylation sites is 1. The predicted octanol–water partition coefficient (Wildman–Crippen LogP) is 2.90. The minimum atomic E-state index is 0.239. The molecule has 1 fully saturated rings. The lowest BCUT2D eigenvalue weighted by atomic mass is 9.92. The van der Waals surface area contributed by atoms with Crippen molar-refractivity contribution >= 4 is 10.9 Å². The average Bonchev–Trinajstić information content (AvgIpc) is 2.56. The van der Waals surface area contributed by atoms with Crippen molar-refractivity contribution in [3.05, 3.63) is 36.0 Å². The number of hydrogen-bond acceptors (Lipinski definition) is 1. The molecule has 0 atom stereocenters. The van der Waals surface area contributed by atoms with E-state index in [9.17, 15) is 0 Å². The van der Waals surface area contributed by atoms with Gasteiger partial charge in [-0.1, -0.05) is 18.2 Å². The molecule has 2 heteroatoms. The summed E-state index contributed by atoms with van der Waals surface area (Å²) in [5.74, 6) is 0. The van der Waals surface area contributed by atoms with Crippen LogP contribution in [0.1, 0.15) is 31.0 Å². The Labute approximate surface area is 95.5 Å². The third-order valence-electron chi connectivity index (χ3n) is 3.64. The van der Waals surface area contributed by atoms with Gasteiger partial charge in [0.25, 0.3) is 0 Å². The largest absolute Gasteiger partial charge is 0.396 e. The molecule has 0 spiro atoms. The van der Waals surface area contributed by atoms with Crippen LogP contribution in [0.25, 0.3) is 10.9 Å². The van der Waals surface area contributed by atoms with Gasteiger partial charge in [-0.2, -0.15) is 0 Å². The summed E-state index contributed by atoms with van der Waals surface area (Å²) in [5.41, 5.74) is 2.61. The summed E-state index contributed by atoms with van der Waals surface area (Å²) in [7, 11) is 0. The van der Waals surface area contributed by atoms with Crippen molar-refractivity contribution in [2.24, 2.45) is 0 Å². The number of benzene rings is 1. The molecule has 1 saturated carbocycles. The third-order valence-corrected chi connectivity index (χ3v) is 3.64. The molecule has 1 aromatic carbocycles. The van der Waals surface area contributed by atoms with Crippen LogP contribution >= 0.6 is 0 Å². The molecule has 84 valence electrons. The Hall–Kier alpha value is -1.28. The second-order valence-corrected chi connectivity index (χ2v) is 4.62. The van der Waals surface area contributed by atoms with Crippen molar-refractivity contribution in [1.82, 2.24) is 4.57 Å². The quantitative estimate of drug-likeness (QED) is 0.836. The van der Waals surface area contributed by atoms with Gasteiger partial charge in [0.05, 0.1) is 0 Å². The maximum Gasteiger partial charge on any atom is 0.0485 e. The number of nitrogens with zero attached hydrogens (tertiary/aromatic N) is 1. The molecule has 2 aromatic rings. The molecular weight excluding hydrogens is 198 g/mol. The fourth-order valence-electron chi connectivity index (χ4n) is 2.62. The van der Waals surface area contributed by atoms with Gasteiger partial charge in [0.15, 0.2) is 0 Å². The molecule has 0 radical (unpaired) electrons. The van der Waals surface area contributed by atoms with E-state index < -0.39 is 0 Å². The lowest BCUT2D eigenvalue weighted by Crippen LogP contribution is -2.19. The molecule has 1 N–H and O–H groups in total. The molecule has 0 unspecified atom stereocenters. The number of aliphatic hydroxyl groups excluding tert-OH is 1. The van der Waals surface area contributed by atoms with Crippen molar-refractivity contribution in [3.8, 4) is 0 Å². The van der Waals surface area contributed by atoms with E-state index in [1.54, 1.807) is 0 Å². The Balaban J connectivity index is 2.14. The second kappa shape index (κ2) is 3.95.